The van der Waals surface area contributed by atoms with Crippen molar-refractivity contribution in [3.05, 3.63) is 78.0 Å². The number of benzene rings is 2. The zero-order valence-corrected chi connectivity index (χ0v) is 14.6. The first-order chi connectivity index (χ1) is 12.3. The van der Waals surface area contributed by atoms with E-state index in [1.807, 2.05) is 12.3 Å². The molecular weight excluding hydrogens is 308 g/mol. The molecular formula is C22H24N2O. The second kappa shape index (κ2) is 7.34. The molecule has 3 aromatic rings. The van der Waals surface area contributed by atoms with E-state index in [0.717, 1.165) is 31.6 Å². The smallest absolute Gasteiger partial charge is 0.0841 e. The summed E-state index contributed by atoms with van der Waals surface area (Å²) >= 11 is 0. The Balaban J connectivity index is 1.47. The fourth-order valence-electron chi connectivity index (χ4n) is 3.68. The second-order valence-corrected chi connectivity index (χ2v) is 6.90. The summed E-state index contributed by atoms with van der Waals surface area (Å²) in [5.74, 6) is 0. The Labute approximate surface area is 149 Å². The van der Waals surface area contributed by atoms with Gasteiger partial charge in [-0.25, -0.2) is 0 Å². The Morgan fingerprint density at radius 3 is 2.84 bits per heavy atom. The maximum Gasteiger partial charge on any atom is 0.0841 e. The lowest BCUT2D eigenvalue weighted by Crippen LogP contribution is -2.29. The molecule has 1 fully saturated rings. The maximum absolute atomic E-state index is 6.28. The molecule has 0 amide bonds. The van der Waals surface area contributed by atoms with Crippen molar-refractivity contribution in [1.29, 1.82) is 0 Å². The molecule has 2 atom stereocenters. The van der Waals surface area contributed by atoms with E-state index in [1.165, 1.54) is 16.5 Å². The number of fused-ring (bicyclic) bond motifs is 1. The van der Waals surface area contributed by atoms with Gasteiger partial charge in [-0.1, -0.05) is 42.5 Å². The van der Waals surface area contributed by atoms with E-state index >= 15 is 0 Å². The third-order valence-electron chi connectivity index (χ3n) is 4.86. The monoisotopic (exact) mass is 332 g/mol. The Morgan fingerprint density at radius 1 is 1.08 bits per heavy atom. The van der Waals surface area contributed by atoms with E-state index in [9.17, 15) is 0 Å². The van der Waals surface area contributed by atoms with Crippen molar-refractivity contribution < 1.29 is 4.74 Å². The average molecular weight is 332 g/mol. The van der Waals surface area contributed by atoms with Gasteiger partial charge in [0, 0.05) is 31.2 Å². The Hall–Kier alpha value is -2.23. The van der Waals surface area contributed by atoms with Gasteiger partial charge < -0.3 is 4.74 Å². The van der Waals surface area contributed by atoms with E-state index in [4.69, 9.17) is 4.74 Å². The van der Waals surface area contributed by atoms with Gasteiger partial charge in [0.15, 0.2) is 0 Å². The molecule has 2 heterocycles. The van der Waals surface area contributed by atoms with E-state index in [2.05, 4.69) is 71.4 Å². The number of aromatic nitrogens is 1. The largest absolute Gasteiger partial charge is 0.369 e. The van der Waals surface area contributed by atoms with Crippen LogP contribution in [-0.4, -0.2) is 29.1 Å². The molecule has 1 saturated heterocycles. The van der Waals surface area contributed by atoms with Crippen molar-refractivity contribution in [3.8, 4) is 0 Å². The lowest BCUT2D eigenvalue weighted by molar-refractivity contribution is 0.00231. The second-order valence-electron chi connectivity index (χ2n) is 6.90. The van der Waals surface area contributed by atoms with Crippen molar-refractivity contribution >= 4 is 10.9 Å². The minimum Gasteiger partial charge on any atom is -0.369 e. The average Bonchev–Trinajstić information content (AvgIpc) is 2.83. The Morgan fingerprint density at radius 2 is 1.96 bits per heavy atom. The normalized spacial score (nSPS) is 22.0. The summed E-state index contributed by atoms with van der Waals surface area (Å²) in [5, 5.41) is 1.21. The molecule has 0 spiro atoms. The predicted octanol–water partition coefficient (Wildman–Crippen LogP) is 4.59. The van der Waals surface area contributed by atoms with Gasteiger partial charge in [0.1, 0.15) is 0 Å². The summed E-state index contributed by atoms with van der Waals surface area (Å²) in [5.41, 5.74) is 3.68. The quantitative estimate of drug-likeness (QED) is 0.701. The van der Waals surface area contributed by atoms with E-state index in [-0.39, 0.29) is 12.2 Å². The summed E-state index contributed by atoms with van der Waals surface area (Å²) in [6.45, 7) is 5.15. The molecule has 25 heavy (non-hydrogen) atoms. The van der Waals surface area contributed by atoms with Crippen molar-refractivity contribution in [2.75, 3.05) is 13.1 Å². The van der Waals surface area contributed by atoms with E-state index < -0.39 is 0 Å². The molecule has 128 valence electrons. The molecule has 0 bridgehead atoms. The van der Waals surface area contributed by atoms with E-state index in [0.29, 0.717) is 0 Å². The zero-order valence-electron chi connectivity index (χ0n) is 14.6. The highest BCUT2D eigenvalue weighted by atomic mass is 16.5. The van der Waals surface area contributed by atoms with Gasteiger partial charge in [-0.05, 0) is 42.7 Å². The van der Waals surface area contributed by atoms with Crippen LogP contribution < -0.4 is 0 Å². The van der Waals surface area contributed by atoms with Crippen LogP contribution in [0.2, 0.25) is 0 Å². The standard InChI is InChI=1S/C22H24N2O/c1-17-15-24(13-11-22(25-17)19-6-3-2-4-7-19)16-18-9-10-21-20(14-18)8-5-12-23-21/h2-10,12,14,17,22H,11,13,15-16H2,1H3. The first-order valence-electron chi connectivity index (χ1n) is 9.04. The highest BCUT2D eigenvalue weighted by molar-refractivity contribution is 5.78. The summed E-state index contributed by atoms with van der Waals surface area (Å²) < 4.78 is 6.28. The van der Waals surface area contributed by atoms with Gasteiger partial charge in [-0.2, -0.15) is 0 Å². The lowest BCUT2D eigenvalue weighted by atomic mass is 10.1. The molecule has 3 nitrogen and oxygen atoms in total. The van der Waals surface area contributed by atoms with Crippen LogP contribution in [0.5, 0.6) is 0 Å². The van der Waals surface area contributed by atoms with Crippen LogP contribution in [0.4, 0.5) is 0 Å². The highest BCUT2D eigenvalue weighted by Crippen LogP contribution is 2.27. The van der Waals surface area contributed by atoms with Gasteiger partial charge in [0.2, 0.25) is 0 Å². The Bertz CT molecular complexity index is 834. The van der Waals surface area contributed by atoms with Crippen molar-refractivity contribution in [2.45, 2.75) is 32.1 Å². The Kier molecular flexibility index (Phi) is 4.77. The first kappa shape index (κ1) is 16.2. The number of ether oxygens (including phenoxy) is 1. The van der Waals surface area contributed by atoms with Crippen LogP contribution >= 0.6 is 0 Å². The molecule has 4 rings (SSSR count). The van der Waals surface area contributed by atoms with Crippen LogP contribution in [0.3, 0.4) is 0 Å². The molecule has 0 N–H and O–H groups in total. The summed E-state index contributed by atoms with van der Waals surface area (Å²) in [7, 11) is 0. The molecule has 0 radical (unpaired) electrons. The van der Waals surface area contributed by atoms with Crippen LogP contribution in [0.25, 0.3) is 10.9 Å². The topological polar surface area (TPSA) is 25.4 Å². The van der Waals surface area contributed by atoms with E-state index in [1.54, 1.807) is 0 Å². The molecule has 1 aliphatic heterocycles. The van der Waals surface area contributed by atoms with Gasteiger partial charge in [-0.3, -0.25) is 9.88 Å². The van der Waals surface area contributed by atoms with Gasteiger partial charge in [0.05, 0.1) is 17.7 Å². The number of hydrogen-bond acceptors (Lipinski definition) is 3. The molecule has 2 unspecified atom stereocenters. The van der Waals surface area contributed by atoms with Crippen LogP contribution in [0.1, 0.15) is 30.6 Å². The number of pyridine rings is 1. The molecule has 3 heteroatoms. The molecule has 2 aromatic carbocycles. The fourth-order valence-corrected chi connectivity index (χ4v) is 3.68. The van der Waals surface area contributed by atoms with Crippen LogP contribution in [0, 0.1) is 0 Å². The van der Waals surface area contributed by atoms with Crippen molar-refractivity contribution in [2.24, 2.45) is 0 Å². The van der Waals surface area contributed by atoms with Crippen LogP contribution in [-0.2, 0) is 11.3 Å². The van der Waals surface area contributed by atoms with Crippen molar-refractivity contribution in [3.63, 3.8) is 0 Å². The van der Waals surface area contributed by atoms with Gasteiger partial charge in [-0.15, -0.1) is 0 Å². The minimum atomic E-state index is 0.196. The minimum absolute atomic E-state index is 0.196. The number of rotatable bonds is 3. The molecule has 0 aliphatic carbocycles. The third-order valence-corrected chi connectivity index (χ3v) is 4.86. The number of hydrogen-bond donors (Lipinski definition) is 0. The molecule has 0 saturated carbocycles. The number of nitrogens with zero attached hydrogens (tertiary/aromatic N) is 2. The lowest BCUT2D eigenvalue weighted by Gasteiger charge is -2.22. The molecule has 1 aliphatic rings. The van der Waals surface area contributed by atoms with Gasteiger partial charge >= 0.3 is 0 Å². The molecule has 1 aromatic heterocycles. The van der Waals surface area contributed by atoms with Crippen LogP contribution in [0.15, 0.2) is 66.9 Å². The fraction of sp³-hybridized carbons (Fsp3) is 0.318. The summed E-state index contributed by atoms with van der Waals surface area (Å²) in [6, 6.07) is 21.3. The SMILES string of the molecule is CC1CN(Cc2ccc3ncccc3c2)CCC(c2ccccc2)O1. The predicted molar refractivity (Wildman–Crippen MR) is 101 cm³/mol. The third kappa shape index (κ3) is 3.89. The van der Waals surface area contributed by atoms with Crippen molar-refractivity contribution in [1.82, 2.24) is 9.88 Å². The zero-order chi connectivity index (χ0) is 17.1. The summed E-state index contributed by atoms with van der Waals surface area (Å²) in [6.07, 6.45) is 3.31. The first-order valence-corrected chi connectivity index (χ1v) is 9.04. The van der Waals surface area contributed by atoms with Gasteiger partial charge in [0.25, 0.3) is 0 Å². The summed E-state index contributed by atoms with van der Waals surface area (Å²) in [4.78, 5) is 6.91. The highest BCUT2D eigenvalue weighted by Gasteiger charge is 2.23. The maximum atomic E-state index is 6.28.